The molecule has 1 aliphatic heterocycles. The molecule has 3 atom stereocenters. The Balaban J connectivity index is 1.87. The molecule has 2 heterocycles. The van der Waals surface area contributed by atoms with Gasteiger partial charge in [-0.25, -0.2) is 4.79 Å². The monoisotopic (exact) mass is 338 g/mol. The highest BCUT2D eigenvalue weighted by molar-refractivity contribution is 7.12. The molecule has 0 bridgehead atoms. The number of ether oxygens (including phenoxy) is 1. The summed E-state index contributed by atoms with van der Waals surface area (Å²) in [6.45, 7) is 13.0. The van der Waals surface area contributed by atoms with Crippen LogP contribution < -0.4 is 5.32 Å². The van der Waals surface area contributed by atoms with E-state index in [-0.39, 0.29) is 12.1 Å². The number of nitrogens with one attached hydrogen (secondary N) is 1. The first-order chi connectivity index (χ1) is 10.7. The van der Waals surface area contributed by atoms with E-state index in [4.69, 9.17) is 4.74 Å². The van der Waals surface area contributed by atoms with Gasteiger partial charge in [-0.2, -0.15) is 0 Å². The molecule has 1 aromatic heterocycles. The van der Waals surface area contributed by atoms with Gasteiger partial charge in [0.2, 0.25) is 0 Å². The van der Waals surface area contributed by atoms with Crippen LogP contribution in [0, 0.1) is 6.92 Å². The minimum Gasteiger partial charge on any atom is -0.444 e. The maximum atomic E-state index is 12.3. The summed E-state index contributed by atoms with van der Waals surface area (Å²) < 4.78 is 5.50. The van der Waals surface area contributed by atoms with Crippen LogP contribution in [0.25, 0.3) is 0 Å². The number of aryl methyl sites for hydroxylation is 1. The highest BCUT2D eigenvalue weighted by Gasteiger charge is 2.32. The molecule has 1 aliphatic rings. The highest BCUT2D eigenvalue weighted by Crippen LogP contribution is 2.26. The number of nitrogens with zero attached hydrogens (tertiary/aromatic N) is 1. The molecule has 0 aromatic carbocycles. The van der Waals surface area contributed by atoms with Crippen molar-refractivity contribution in [2.24, 2.45) is 0 Å². The van der Waals surface area contributed by atoms with E-state index in [9.17, 15) is 4.79 Å². The fraction of sp³-hybridized carbons (Fsp3) is 0.722. The Morgan fingerprint density at radius 3 is 2.65 bits per heavy atom. The van der Waals surface area contributed by atoms with E-state index >= 15 is 0 Å². The zero-order valence-electron chi connectivity index (χ0n) is 15.2. The number of carbonyl (C=O) groups excluding carboxylic acids is 1. The van der Waals surface area contributed by atoms with Crippen LogP contribution in [0.4, 0.5) is 4.79 Å². The predicted octanol–water partition coefficient (Wildman–Crippen LogP) is 4.50. The smallest absolute Gasteiger partial charge is 0.410 e. The van der Waals surface area contributed by atoms with Crippen LogP contribution in [-0.2, 0) is 4.74 Å². The van der Waals surface area contributed by atoms with Crippen molar-refractivity contribution >= 4 is 17.4 Å². The van der Waals surface area contributed by atoms with Crippen molar-refractivity contribution in [3.63, 3.8) is 0 Å². The second kappa shape index (κ2) is 7.22. The van der Waals surface area contributed by atoms with Crippen LogP contribution in [0.1, 0.15) is 63.3 Å². The lowest BCUT2D eigenvalue weighted by molar-refractivity contribution is 0.00907. The van der Waals surface area contributed by atoms with E-state index in [1.807, 2.05) is 37.0 Å². The molecule has 0 radical (unpaired) electrons. The first kappa shape index (κ1) is 18.3. The van der Waals surface area contributed by atoms with E-state index in [1.165, 1.54) is 9.75 Å². The Labute approximate surface area is 144 Å². The third-order valence-electron chi connectivity index (χ3n) is 4.18. The number of carbonyl (C=O) groups is 1. The summed E-state index contributed by atoms with van der Waals surface area (Å²) in [5.41, 5.74) is -0.433. The molecule has 1 N–H and O–H groups in total. The Bertz CT molecular complexity index is 535. The van der Waals surface area contributed by atoms with E-state index in [0.717, 1.165) is 19.4 Å². The van der Waals surface area contributed by atoms with Crippen molar-refractivity contribution in [1.29, 1.82) is 0 Å². The van der Waals surface area contributed by atoms with Gasteiger partial charge >= 0.3 is 6.09 Å². The SMILES string of the molecule is Cc1ccc(C(C)NC2CCN(C(=O)OC(C)(C)C)C(C)C2)s1. The summed E-state index contributed by atoms with van der Waals surface area (Å²) in [4.78, 5) is 16.9. The first-order valence-electron chi connectivity index (χ1n) is 8.47. The van der Waals surface area contributed by atoms with Crippen LogP contribution >= 0.6 is 11.3 Å². The minimum atomic E-state index is -0.433. The van der Waals surface area contributed by atoms with Gasteiger partial charge < -0.3 is 15.0 Å². The number of hydrogen-bond donors (Lipinski definition) is 1. The van der Waals surface area contributed by atoms with Crippen molar-refractivity contribution in [3.05, 3.63) is 21.9 Å². The lowest BCUT2D eigenvalue weighted by Gasteiger charge is -2.39. The molecular weight excluding hydrogens is 308 g/mol. The molecule has 5 heteroatoms. The Hall–Kier alpha value is -1.07. The molecule has 1 fully saturated rings. The molecule has 0 aliphatic carbocycles. The van der Waals surface area contributed by atoms with Crippen molar-refractivity contribution in [3.8, 4) is 0 Å². The van der Waals surface area contributed by atoms with E-state index in [0.29, 0.717) is 12.1 Å². The number of likely N-dealkylation sites (tertiary alicyclic amines) is 1. The summed E-state index contributed by atoms with van der Waals surface area (Å²) >= 11 is 1.85. The number of amides is 1. The van der Waals surface area contributed by atoms with Gasteiger partial charge in [0.15, 0.2) is 0 Å². The summed E-state index contributed by atoms with van der Waals surface area (Å²) in [5.74, 6) is 0. The van der Waals surface area contributed by atoms with Gasteiger partial charge in [-0.3, -0.25) is 0 Å². The van der Waals surface area contributed by atoms with Crippen molar-refractivity contribution in [2.75, 3.05) is 6.54 Å². The largest absolute Gasteiger partial charge is 0.444 e. The average molecular weight is 339 g/mol. The van der Waals surface area contributed by atoms with E-state index < -0.39 is 5.60 Å². The summed E-state index contributed by atoms with van der Waals surface area (Å²) in [6, 6.07) is 5.39. The predicted molar refractivity (Wildman–Crippen MR) is 96.0 cm³/mol. The third kappa shape index (κ3) is 5.21. The quantitative estimate of drug-likeness (QED) is 0.882. The molecule has 1 aromatic rings. The van der Waals surface area contributed by atoms with E-state index in [2.05, 4.69) is 38.2 Å². The fourth-order valence-corrected chi connectivity index (χ4v) is 3.93. The van der Waals surface area contributed by atoms with Gasteiger partial charge in [-0.05, 0) is 66.5 Å². The van der Waals surface area contributed by atoms with Crippen LogP contribution in [0.15, 0.2) is 12.1 Å². The molecule has 23 heavy (non-hydrogen) atoms. The number of hydrogen-bond acceptors (Lipinski definition) is 4. The van der Waals surface area contributed by atoms with Gasteiger partial charge in [0.05, 0.1) is 0 Å². The van der Waals surface area contributed by atoms with Gasteiger partial charge in [0.1, 0.15) is 5.60 Å². The number of rotatable bonds is 3. The second-order valence-electron chi connectivity index (χ2n) is 7.58. The Morgan fingerprint density at radius 1 is 1.43 bits per heavy atom. The van der Waals surface area contributed by atoms with Crippen LogP contribution in [0.5, 0.6) is 0 Å². The molecule has 1 saturated heterocycles. The van der Waals surface area contributed by atoms with Gasteiger partial charge in [-0.1, -0.05) is 0 Å². The van der Waals surface area contributed by atoms with Crippen molar-refractivity contribution < 1.29 is 9.53 Å². The minimum absolute atomic E-state index is 0.189. The normalized spacial score (nSPS) is 23.7. The Morgan fingerprint density at radius 2 is 2.13 bits per heavy atom. The number of piperidine rings is 1. The fourth-order valence-electron chi connectivity index (χ4n) is 3.04. The van der Waals surface area contributed by atoms with Gasteiger partial charge in [-0.15, -0.1) is 11.3 Å². The maximum Gasteiger partial charge on any atom is 0.410 e. The third-order valence-corrected chi connectivity index (χ3v) is 5.36. The Kier molecular flexibility index (Phi) is 5.74. The van der Waals surface area contributed by atoms with Crippen LogP contribution in [0.2, 0.25) is 0 Å². The molecule has 4 nitrogen and oxygen atoms in total. The van der Waals surface area contributed by atoms with E-state index in [1.54, 1.807) is 0 Å². The topological polar surface area (TPSA) is 41.6 Å². The lowest BCUT2D eigenvalue weighted by atomic mass is 9.98. The molecule has 130 valence electrons. The molecule has 2 rings (SSSR count). The summed E-state index contributed by atoms with van der Waals surface area (Å²) in [7, 11) is 0. The average Bonchev–Trinajstić information content (AvgIpc) is 2.83. The van der Waals surface area contributed by atoms with Gasteiger partial charge in [0.25, 0.3) is 0 Å². The van der Waals surface area contributed by atoms with Crippen molar-refractivity contribution in [2.45, 2.75) is 78.1 Å². The molecule has 3 unspecified atom stereocenters. The first-order valence-corrected chi connectivity index (χ1v) is 9.29. The molecular formula is C18H30N2O2S. The molecule has 0 spiro atoms. The number of thiophene rings is 1. The lowest BCUT2D eigenvalue weighted by Crippen LogP contribution is -2.51. The zero-order valence-corrected chi connectivity index (χ0v) is 16.0. The van der Waals surface area contributed by atoms with Crippen LogP contribution in [-0.4, -0.2) is 35.2 Å². The molecule has 0 saturated carbocycles. The molecule has 1 amide bonds. The van der Waals surface area contributed by atoms with Gasteiger partial charge in [0, 0.05) is 34.4 Å². The van der Waals surface area contributed by atoms with Crippen molar-refractivity contribution in [1.82, 2.24) is 10.2 Å². The zero-order chi connectivity index (χ0) is 17.2. The van der Waals surface area contributed by atoms with Crippen LogP contribution in [0.3, 0.4) is 0 Å². The second-order valence-corrected chi connectivity index (χ2v) is 8.90. The summed E-state index contributed by atoms with van der Waals surface area (Å²) in [5, 5.41) is 3.72. The maximum absolute atomic E-state index is 12.3. The highest BCUT2D eigenvalue weighted by atomic mass is 32.1. The summed E-state index contributed by atoms with van der Waals surface area (Å²) in [6.07, 6.45) is 1.75. The standard InChI is InChI=1S/C18H30N2O2S/c1-12-11-15(19-14(3)16-8-7-13(2)23-16)9-10-20(12)17(21)22-18(4,5)6/h7-8,12,14-15,19H,9-11H2,1-6H3.